The van der Waals surface area contributed by atoms with Gasteiger partial charge < -0.3 is 5.32 Å². The molecule has 1 unspecified atom stereocenters. The van der Waals surface area contributed by atoms with E-state index in [1.54, 1.807) is 6.33 Å². The van der Waals surface area contributed by atoms with Gasteiger partial charge in [-0.25, -0.2) is 4.98 Å². The topological polar surface area (TPSA) is 42.7 Å². The molecule has 0 aliphatic rings. The zero-order chi connectivity index (χ0) is 14.5. The Hall–Kier alpha value is -0.900. The van der Waals surface area contributed by atoms with Crippen molar-refractivity contribution in [1.29, 1.82) is 0 Å². The lowest BCUT2D eigenvalue weighted by Gasteiger charge is -2.34. The highest BCUT2D eigenvalue weighted by Gasteiger charge is 2.30. The summed E-state index contributed by atoms with van der Waals surface area (Å²) in [6.07, 6.45) is 2.64. The lowest BCUT2D eigenvalue weighted by Crippen LogP contribution is -2.39. The third-order valence-corrected chi connectivity index (χ3v) is 4.03. The van der Waals surface area contributed by atoms with E-state index in [0.717, 1.165) is 31.9 Å². The number of hydrogen-bond donors (Lipinski definition) is 1. The molecule has 19 heavy (non-hydrogen) atoms. The maximum Gasteiger partial charge on any atom is 0.138 e. The van der Waals surface area contributed by atoms with E-state index in [4.69, 9.17) is 0 Å². The van der Waals surface area contributed by atoms with E-state index in [1.807, 2.05) is 4.68 Å². The number of nitrogens with zero attached hydrogens (tertiary/aromatic N) is 3. The van der Waals surface area contributed by atoms with Crippen LogP contribution in [0.4, 0.5) is 0 Å². The van der Waals surface area contributed by atoms with Crippen molar-refractivity contribution in [3.63, 3.8) is 0 Å². The van der Waals surface area contributed by atoms with Crippen LogP contribution < -0.4 is 5.32 Å². The number of aromatic nitrogens is 3. The molecule has 110 valence electrons. The molecular weight excluding hydrogens is 236 g/mol. The molecule has 0 saturated carbocycles. The summed E-state index contributed by atoms with van der Waals surface area (Å²) in [7, 11) is 0. The van der Waals surface area contributed by atoms with E-state index < -0.39 is 0 Å². The van der Waals surface area contributed by atoms with Gasteiger partial charge in [0.15, 0.2) is 0 Å². The zero-order valence-electron chi connectivity index (χ0n) is 13.4. The van der Waals surface area contributed by atoms with E-state index in [1.165, 1.54) is 0 Å². The normalized spacial score (nSPS) is 15.2. The summed E-state index contributed by atoms with van der Waals surface area (Å²) in [4.78, 5) is 4.42. The van der Waals surface area contributed by atoms with Crippen molar-refractivity contribution in [2.45, 2.75) is 54.5 Å². The van der Waals surface area contributed by atoms with Crippen molar-refractivity contribution in [1.82, 2.24) is 20.1 Å². The van der Waals surface area contributed by atoms with Gasteiger partial charge in [-0.3, -0.25) is 4.68 Å². The second-order valence-corrected chi connectivity index (χ2v) is 6.50. The van der Waals surface area contributed by atoms with Crippen LogP contribution in [0.15, 0.2) is 6.33 Å². The smallest absolute Gasteiger partial charge is 0.138 e. The van der Waals surface area contributed by atoms with Gasteiger partial charge in [0.2, 0.25) is 0 Å². The maximum absolute atomic E-state index is 4.42. The Balaban J connectivity index is 2.70. The van der Waals surface area contributed by atoms with Crippen LogP contribution in [0.5, 0.6) is 0 Å². The number of rotatable bonds is 8. The van der Waals surface area contributed by atoms with Crippen molar-refractivity contribution in [2.75, 3.05) is 13.1 Å². The van der Waals surface area contributed by atoms with Gasteiger partial charge >= 0.3 is 0 Å². The summed E-state index contributed by atoms with van der Waals surface area (Å²) < 4.78 is 2.00. The highest BCUT2D eigenvalue weighted by molar-refractivity contribution is 4.94. The van der Waals surface area contributed by atoms with E-state index in [9.17, 15) is 0 Å². The van der Waals surface area contributed by atoms with E-state index in [-0.39, 0.29) is 5.41 Å². The molecule has 0 fully saturated rings. The number of aryl methyl sites for hydroxylation is 1. The molecule has 0 amide bonds. The van der Waals surface area contributed by atoms with Crippen molar-refractivity contribution in [3.8, 4) is 0 Å². The Morgan fingerprint density at radius 1 is 1.32 bits per heavy atom. The van der Waals surface area contributed by atoms with Crippen LogP contribution in [0.2, 0.25) is 0 Å². The molecule has 1 aromatic rings. The SMILES string of the molecule is CCn1ncnc1CC(C)(CNCC(C)C)C(C)C. The van der Waals surface area contributed by atoms with Gasteiger partial charge in [-0.05, 0) is 30.7 Å². The van der Waals surface area contributed by atoms with Gasteiger partial charge in [-0.2, -0.15) is 5.10 Å². The minimum Gasteiger partial charge on any atom is -0.316 e. The van der Waals surface area contributed by atoms with Gasteiger partial charge in [-0.1, -0.05) is 34.6 Å². The van der Waals surface area contributed by atoms with E-state index >= 15 is 0 Å². The molecule has 4 nitrogen and oxygen atoms in total. The van der Waals surface area contributed by atoms with Crippen LogP contribution in [0.3, 0.4) is 0 Å². The van der Waals surface area contributed by atoms with Crippen molar-refractivity contribution in [2.24, 2.45) is 17.3 Å². The molecule has 0 radical (unpaired) electrons. The summed E-state index contributed by atoms with van der Waals surface area (Å²) in [5.74, 6) is 2.40. The molecule has 1 atom stereocenters. The van der Waals surface area contributed by atoms with Gasteiger partial charge in [0.05, 0.1) is 0 Å². The minimum atomic E-state index is 0.217. The Kier molecular flexibility index (Phi) is 5.98. The molecular formula is C15H30N4. The first-order valence-electron chi connectivity index (χ1n) is 7.46. The minimum absolute atomic E-state index is 0.217. The summed E-state index contributed by atoms with van der Waals surface area (Å²) in [5.41, 5.74) is 0.217. The first kappa shape index (κ1) is 16.2. The van der Waals surface area contributed by atoms with Crippen LogP contribution in [-0.2, 0) is 13.0 Å². The standard InChI is InChI=1S/C15H30N4/c1-7-19-14(17-11-18-19)8-15(6,13(4)5)10-16-9-12(2)3/h11-13,16H,7-10H2,1-6H3. The molecule has 4 heteroatoms. The predicted molar refractivity (Wildman–Crippen MR) is 80.1 cm³/mol. The summed E-state index contributed by atoms with van der Waals surface area (Å²) in [6.45, 7) is 16.5. The molecule has 1 heterocycles. The zero-order valence-corrected chi connectivity index (χ0v) is 13.4. The first-order valence-corrected chi connectivity index (χ1v) is 7.46. The van der Waals surface area contributed by atoms with Crippen LogP contribution in [0, 0.1) is 17.3 Å². The fourth-order valence-electron chi connectivity index (χ4n) is 2.17. The third-order valence-electron chi connectivity index (χ3n) is 4.03. The quantitative estimate of drug-likeness (QED) is 0.787. The third kappa shape index (κ3) is 4.60. The monoisotopic (exact) mass is 266 g/mol. The largest absolute Gasteiger partial charge is 0.316 e. The van der Waals surface area contributed by atoms with Crippen LogP contribution in [-0.4, -0.2) is 27.9 Å². The van der Waals surface area contributed by atoms with Crippen LogP contribution in [0.25, 0.3) is 0 Å². The molecule has 1 aromatic heterocycles. The number of hydrogen-bond acceptors (Lipinski definition) is 3. The van der Waals surface area contributed by atoms with Crippen LogP contribution in [0.1, 0.15) is 47.4 Å². The van der Waals surface area contributed by atoms with Crippen molar-refractivity contribution in [3.05, 3.63) is 12.2 Å². The first-order chi connectivity index (χ1) is 8.89. The molecule has 0 spiro atoms. The Morgan fingerprint density at radius 2 is 2.00 bits per heavy atom. The molecule has 0 bridgehead atoms. The van der Waals surface area contributed by atoms with Crippen molar-refractivity contribution >= 4 is 0 Å². The van der Waals surface area contributed by atoms with Gasteiger partial charge in [-0.15, -0.1) is 0 Å². The fraction of sp³-hybridized carbons (Fsp3) is 0.867. The predicted octanol–water partition coefficient (Wildman–Crippen LogP) is 2.75. The van der Waals surface area contributed by atoms with E-state index in [0.29, 0.717) is 11.8 Å². The number of nitrogens with one attached hydrogen (secondary N) is 1. The Bertz CT molecular complexity index is 370. The Morgan fingerprint density at radius 3 is 2.53 bits per heavy atom. The van der Waals surface area contributed by atoms with Gasteiger partial charge in [0.25, 0.3) is 0 Å². The van der Waals surface area contributed by atoms with E-state index in [2.05, 4.69) is 56.9 Å². The molecule has 1 rings (SSSR count). The second kappa shape index (κ2) is 7.04. The average molecular weight is 266 g/mol. The summed E-state index contributed by atoms with van der Waals surface area (Å²) in [5, 5.41) is 7.87. The lowest BCUT2D eigenvalue weighted by molar-refractivity contribution is 0.198. The summed E-state index contributed by atoms with van der Waals surface area (Å²) >= 11 is 0. The van der Waals surface area contributed by atoms with Crippen molar-refractivity contribution < 1.29 is 0 Å². The van der Waals surface area contributed by atoms with Gasteiger partial charge in [0.1, 0.15) is 12.2 Å². The van der Waals surface area contributed by atoms with Gasteiger partial charge in [0, 0.05) is 19.5 Å². The molecule has 0 aliphatic heterocycles. The molecule has 1 N–H and O–H groups in total. The fourth-order valence-corrected chi connectivity index (χ4v) is 2.17. The molecule has 0 saturated heterocycles. The van der Waals surface area contributed by atoms with Crippen LogP contribution >= 0.6 is 0 Å². The summed E-state index contributed by atoms with van der Waals surface area (Å²) in [6, 6.07) is 0. The molecule has 0 aliphatic carbocycles. The second-order valence-electron chi connectivity index (χ2n) is 6.50. The highest BCUT2D eigenvalue weighted by Crippen LogP contribution is 2.30. The lowest BCUT2D eigenvalue weighted by atomic mass is 9.76. The molecule has 0 aromatic carbocycles. The average Bonchev–Trinajstić information content (AvgIpc) is 2.75. The Labute approximate surface area is 118 Å². The highest BCUT2D eigenvalue weighted by atomic mass is 15.3. The maximum atomic E-state index is 4.42.